The summed E-state index contributed by atoms with van der Waals surface area (Å²) in [5, 5.41) is 1.62. The molecule has 0 atom stereocenters. The van der Waals surface area contributed by atoms with Crippen LogP contribution in [0.5, 0.6) is 0 Å². The van der Waals surface area contributed by atoms with E-state index in [9.17, 15) is 24.0 Å². The summed E-state index contributed by atoms with van der Waals surface area (Å²) in [5.41, 5.74) is 24.7. The first-order valence-corrected chi connectivity index (χ1v) is 43.0. The van der Waals surface area contributed by atoms with E-state index in [-0.39, 0.29) is 59.3 Å². The third kappa shape index (κ3) is 18.3. The van der Waals surface area contributed by atoms with Crippen molar-refractivity contribution < 1.29 is 64.7 Å². The maximum atomic E-state index is 14.9. The molecule has 6 aromatic rings. The number of hydrogen-bond acceptors (Lipinski definition) is 12. The molecule has 2 aliphatic heterocycles. The molecule has 8 bridgehead atoms. The van der Waals surface area contributed by atoms with Gasteiger partial charge in [-0.05, 0) is 311 Å². The second kappa shape index (κ2) is 39.4. The second-order valence-corrected chi connectivity index (χ2v) is 31.7. The molecule has 0 spiro atoms. The van der Waals surface area contributed by atoms with Crippen LogP contribution >= 0.6 is 0 Å². The number of allylic oxidation sites excluding steroid dienone is 4. The minimum absolute atomic E-state index is 0. The first kappa shape index (κ1) is 82.8. The number of ether oxygens (including phenoxy) is 5. The van der Waals surface area contributed by atoms with E-state index < -0.39 is 11.9 Å². The van der Waals surface area contributed by atoms with Gasteiger partial charge < -0.3 is 33.7 Å². The molecule has 4 heterocycles. The molecule has 0 fully saturated rings. The van der Waals surface area contributed by atoms with Crippen molar-refractivity contribution >= 4 is 63.6 Å². The van der Waals surface area contributed by atoms with E-state index in [1.54, 1.807) is 6.07 Å². The zero-order valence-corrected chi connectivity index (χ0v) is 68.8. The van der Waals surface area contributed by atoms with Crippen LogP contribution in [-0.2, 0) is 85.7 Å². The van der Waals surface area contributed by atoms with Crippen LogP contribution in [0.3, 0.4) is 0 Å². The molecule has 14 nitrogen and oxygen atoms in total. The molecule has 13 rings (SSSR count). The van der Waals surface area contributed by atoms with E-state index in [1.165, 1.54) is 0 Å². The van der Waals surface area contributed by atoms with Crippen molar-refractivity contribution in [2.75, 3.05) is 33.0 Å². The molecule has 1 radical (unpaired) electrons. The normalized spacial score (nSPS) is 15.8. The number of carbonyl (C=O) groups is 5. The number of benzene rings is 4. The quantitative estimate of drug-likeness (QED) is 0.0165. The predicted octanol–water partition coefficient (Wildman–Crippen LogP) is 20.4. The SMILES string of the molecule is CCCCOC(=O)c1cc(CCCC)cc(C2=C3N=C(C4=C3CCCC4)C(c3cc(CCCC)cc(C(=O)OCCCC)c3)=c3[n-]c(c4c3CCCC4)=C(c3cc(CCCC)cc(C(=O)OCCCC)c3)C3=NC(=C(c4cc(C(=O)OCCCC)cc(C(=O)OCCCC)c4)c4[n-]c2c2c4CCCC2)C2=C3CCCC2)c1.[Cu+2]. The standard InChI is InChI=1S/C97H116N4O10.Cu/c1-9-17-33-61-49-64(55-68(52-61)93(102)107-44-20-12-4)81-85-73-36-25-27-38-75(73)87(98-85)82(65-50-62(34-18-10-2)53-69(56-65)94(103)108-45-21-13-5)89-77-40-29-31-42-79(77)91(100-89)84(67-58-71(96(105)110-47-23-15-7)60-72(59-67)97(106)111-48-24-16-8)92-80-43-32-30-41-78(80)90(101-92)83(88-76-39-28-26-37-74(76)86(81)99-88)66-51-63(35-19-11-3)54-70(57-66)95(104)109-46-22-14-6;/h49-60H,9-48H2,1-8H3;/q-2;+2. The van der Waals surface area contributed by atoms with E-state index in [4.69, 9.17) is 43.6 Å². The summed E-state index contributed by atoms with van der Waals surface area (Å²) in [6.45, 7) is 18.4. The van der Waals surface area contributed by atoms with E-state index >= 15 is 0 Å². The molecule has 0 amide bonds. The Morgan fingerprint density at radius 3 is 0.884 bits per heavy atom. The van der Waals surface area contributed by atoms with Gasteiger partial charge in [-0.25, -0.2) is 34.0 Å². The van der Waals surface area contributed by atoms with Gasteiger partial charge in [0.05, 0.1) is 83.7 Å². The van der Waals surface area contributed by atoms with Crippen LogP contribution in [0.4, 0.5) is 0 Å². The van der Waals surface area contributed by atoms with Gasteiger partial charge in [-0.2, -0.15) is 0 Å². The number of esters is 5. The number of aromatic nitrogens is 2. The summed E-state index contributed by atoms with van der Waals surface area (Å²) >= 11 is 0. The maximum Gasteiger partial charge on any atom is 2.00 e. The van der Waals surface area contributed by atoms with Crippen LogP contribution in [-0.4, -0.2) is 74.3 Å². The van der Waals surface area contributed by atoms with Crippen LogP contribution in [0.25, 0.3) is 22.3 Å². The van der Waals surface area contributed by atoms with Crippen LogP contribution in [0.1, 0.15) is 360 Å². The monoisotopic (exact) mass is 1560 g/mol. The number of hydrogen-bond donors (Lipinski definition) is 0. The number of aliphatic imine (C=N–C) groups is 2. The topological polar surface area (TPSA) is 184 Å². The van der Waals surface area contributed by atoms with E-state index in [0.29, 0.717) is 97.6 Å². The van der Waals surface area contributed by atoms with Gasteiger partial charge in [-0.3, -0.25) is 0 Å². The zero-order valence-electron chi connectivity index (χ0n) is 67.9. The molecular formula is C97H116CuN4O10. The van der Waals surface area contributed by atoms with Crippen molar-refractivity contribution in [3.05, 3.63) is 218 Å². The second-order valence-electron chi connectivity index (χ2n) is 31.7. The van der Waals surface area contributed by atoms with Gasteiger partial charge in [0.1, 0.15) is 0 Å². The Labute approximate surface area is 674 Å². The van der Waals surface area contributed by atoms with E-state index in [1.807, 2.05) is 42.5 Å². The van der Waals surface area contributed by atoms with Crippen molar-refractivity contribution in [2.45, 2.75) is 280 Å². The molecule has 15 heteroatoms. The predicted molar refractivity (Wildman–Crippen MR) is 443 cm³/mol. The van der Waals surface area contributed by atoms with Crippen molar-refractivity contribution in [1.82, 2.24) is 9.97 Å². The summed E-state index contributed by atoms with van der Waals surface area (Å²) in [7, 11) is 0. The molecule has 4 aromatic carbocycles. The van der Waals surface area contributed by atoms with Gasteiger partial charge in [0.15, 0.2) is 0 Å². The fraction of sp³-hybridized carbons (Fsp3) is 0.495. The molecule has 0 saturated heterocycles. The van der Waals surface area contributed by atoms with Gasteiger partial charge in [0.25, 0.3) is 0 Å². The maximum absolute atomic E-state index is 14.9. The third-order valence-electron chi connectivity index (χ3n) is 23.3. The summed E-state index contributed by atoms with van der Waals surface area (Å²) in [6, 6.07) is 24.5. The number of rotatable bonds is 33. The van der Waals surface area contributed by atoms with Crippen LogP contribution < -0.4 is 20.7 Å². The van der Waals surface area contributed by atoms with Crippen LogP contribution in [0, 0.1) is 0 Å². The molecule has 7 aliphatic rings. The summed E-state index contributed by atoms with van der Waals surface area (Å²) in [5.74, 6) is -2.19. The minimum atomic E-state index is -0.541. The van der Waals surface area contributed by atoms with E-state index in [2.05, 4.69) is 79.7 Å². The summed E-state index contributed by atoms with van der Waals surface area (Å²) in [6.07, 6.45) is 28.6. The fourth-order valence-corrected chi connectivity index (χ4v) is 17.3. The first-order valence-electron chi connectivity index (χ1n) is 43.0. The Kier molecular flexibility index (Phi) is 29.1. The Hall–Kier alpha value is -8.65. The molecule has 2 aromatic heterocycles. The molecule has 0 saturated carbocycles. The summed E-state index contributed by atoms with van der Waals surface area (Å²) < 4.78 is 30.8. The third-order valence-corrected chi connectivity index (χ3v) is 23.3. The largest absolute Gasteiger partial charge is 2.00 e. The molecule has 0 N–H and O–H groups in total. The van der Waals surface area contributed by atoms with Gasteiger partial charge in [0.2, 0.25) is 0 Å². The first-order chi connectivity index (χ1) is 54.3. The summed E-state index contributed by atoms with van der Waals surface area (Å²) in [4.78, 5) is 99.8. The molecular weight excluding hydrogens is 1440 g/mol. The average molecular weight is 1560 g/mol. The van der Waals surface area contributed by atoms with Crippen LogP contribution in [0.15, 0.2) is 116 Å². The smallest absolute Gasteiger partial charge is 0.656 e. The molecule has 0 unspecified atom stereocenters. The Morgan fingerprint density at radius 2 is 0.571 bits per heavy atom. The van der Waals surface area contributed by atoms with Crippen molar-refractivity contribution in [3.8, 4) is 0 Å². The Bertz CT molecular complexity index is 4830. The van der Waals surface area contributed by atoms with Crippen molar-refractivity contribution in [2.24, 2.45) is 9.98 Å². The van der Waals surface area contributed by atoms with Gasteiger partial charge >= 0.3 is 46.9 Å². The van der Waals surface area contributed by atoms with Gasteiger partial charge in [-0.15, -0.1) is 22.1 Å². The van der Waals surface area contributed by atoms with Crippen molar-refractivity contribution in [3.63, 3.8) is 0 Å². The fourth-order valence-electron chi connectivity index (χ4n) is 17.3. The Morgan fingerprint density at radius 1 is 0.304 bits per heavy atom. The zero-order chi connectivity index (χ0) is 77.5. The van der Waals surface area contributed by atoms with Gasteiger partial charge in [0, 0.05) is 0 Å². The van der Waals surface area contributed by atoms with Gasteiger partial charge in [-0.1, -0.05) is 147 Å². The molecule has 112 heavy (non-hydrogen) atoms. The minimum Gasteiger partial charge on any atom is -0.656 e. The molecule has 5 aliphatic carbocycles. The average Bonchev–Trinajstić information content (AvgIpc) is 1.56. The van der Waals surface area contributed by atoms with Crippen LogP contribution in [0.2, 0.25) is 0 Å². The van der Waals surface area contributed by atoms with E-state index in [0.717, 1.165) is 314 Å². The molecule has 595 valence electrons. The number of nitrogens with zero attached hydrogens (tertiary/aromatic N) is 4. The van der Waals surface area contributed by atoms with Crippen molar-refractivity contribution in [1.29, 1.82) is 0 Å². The number of carbonyl (C=O) groups excluding carboxylic acids is 5. The number of aryl methyl sites for hydroxylation is 3. The number of unbranched alkanes of at least 4 members (excludes halogenated alkanes) is 8. The Balaban J connectivity index is 0.0000116.